The van der Waals surface area contributed by atoms with Crippen molar-refractivity contribution in [2.75, 3.05) is 26.2 Å². The Hall–Kier alpha value is -2.73. The number of nitrogens with zero attached hydrogens (tertiary/aromatic N) is 4. The second kappa shape index (κ2) is 10.3. The lowest BCUT2D eigenvalue weighted by Gasteiger charge is -2.46. The Kier molecular flexibility index (Phi) is 7.81. The summed E-state index contributed by atoms with van der Waals surface area (Å²) in [7, 11) is 0. The molecule has 34 heavy (non-hydrogen) atoms. The molecule has 3 atom stereocenters. The lowest BCUT2D eigenvalue weighted by Crippen LogP contribution is -2.58. The van der Waals surface area contributed by atoms with Crippen molar-refractivity contribution in [3.05, 3.63) is 35.4 Å². The molecular formula is C25H34N4O4S. The van der Waals surface area contributed by atoms with Gasteiger partial charge in [0.2, 0.25) is 11.8 Å². The van der Waals surface area contributed by atoms with Gasteiger partial charge in [0.1, 0.15) is 11.6 Å². The number of ether oxygens (including phenoxy) is 1. The molecule has 3 amide bonds. The first-order chi connectivity index (χ1) is 15.6. The summed E-state index contributed by atoms with van der Waals surface area (Å²) in [4.78, 5) is 43.9. The van der Waals surface area contributed by atoms with Crippen molar-refractivity contribution < 1.29 is 19.1 Å². The first-order valence-corrected chi connectivity index (χ1v) is 11.7. The maximum atomic E-state index is 13.5. The monoisotopic (exact) mass is 486 g/mol. The molecule has 0 spiro atoms. The lowest BCUT2D eigenvalue weighted by atomic mass is 9.84. The van der Waals surface area contributed by atoms with Gasteiger partial charge in [-0.05, 0) is 63.1 Å². The van der Waals surface area contributed by atoms with Crippen LogP contribution in [0.5, 0.6) is 0 Å². The first kappa shape index (κ1) is 25.9. The summed E-state index contributed by atoms with van der Waals surface area (Å²) in [6.07, 6.45) is 1.62. The standard InChI is InChI=1S/C25H32N4O4.H2S/c1-25(2,3)33-24(32)28-14-19-10-20(15-28)13-27(12-19)23(31)21-8-9-22(30)29(21)16-18-6-4-17(11-26)5-7-18;/h4-7,19-21H,8-10,12-16H2,1-3H3;1H2/t19?,20?,21-;/m0./s1. The zero-order valence-electron chi connectivity index (χ0n) is 20.1. The molecule has 4 rings (SSSR count). The van der Waals surface area contributed by atoms with Crippen LogP contribution in [0.15, 0.2) is 24.3 Å². The van der Waals surface area contributed by atoms with Crippen LogP contribution in [-0.2, 0) is 20.9 Å². The van der Waals surface area contributed by atoms with Gasteiger partial charge in [-0.1, -0.05) is 12.1 Å². The normalized spacial score (nSPS) is 24.4. The topological polar surface area (TPSA) is 93.9 Å². The summed E-state index contributed by atoms with van der Waals surface area (Å²) in [6, 6.07) is 8.78. The highest BCUT2D eigenvalue weighted by molar-refractivity contribution is 7.59. The van der Waals surface area contributed by atoms with E-state index in [0.717, 1.165) is 12.0 Å². The number of hydrogen-bond acceptors (Lipinski definition) is 5. The fourth-order valence-electron chi connectivity index (χ4n) is 5.22. The van der Waals surface area contributed by atoms with Crippen molar-refractivity contribution in [3.63, 3.8) is 0 Å². The summed E-state index contributed by atoms with van der Waals surface area (Å²) in [6.45, 7) is 8.34. The third kappa shape index (κ3) is 5.84. The molecule has 3 aliphatic heterocycles. The molecule has 2 unspecified atom stereocenters. The number of rotatable bonds is 3. The van der Waals surface area contributed by atoms with Crippen LogP contribution in [0.1, 0.15) is 51.2 Å². The van der Waals surface area contributed by atoms with E-state index >= 15 is 0 Å². The average Bonchev–Trinajstić information content (AvgIpc) is 3.12. The van der Waals surface area contributed by atoms with Crippen LogP contribution in [0.25, 0.3) is 0 Å². The molecule has 2 bridgehead atoms. The van der Waals surface area contributed by atoms with Crippen LogP contribution in [0, 0.1) is 23.2 Å². The van der Waals surface area contributed by atoms with E-state index in [1.165, 1.54) is 0 Å². The predicted molar refractivity (Wildman–Crippen MR) is 131 cm³/mol. The fourth-order valence-corrected chi connectivity index (χ4v) is 5.22. The molecule has 1 aromatic carbocycles. The number of carbonyl (C=O) groups excluding carboxylic acids is 3. The van der Waals surface area contributed by atoms with Crippen molar-refractivity contribution in [1.29, 1.82) is 5.26 Å². The van der Waals surface area contributed by atoms with E-state index in [-0.39, 0.29) is 43.2 Å². The molecule has 3 aliphatic rings. The minimum absolute atomic E-state index is 0. The minimum Gasteiger partial charge on any atom is -0.444 e. The van der Waals surface area contributed by atoms with E-state index in [0.29, 0.717) is 51.1 Å². The van der Waals surface area contributed by atoms with Crippen LogP contribution < -0.4 is 0 Å². The molecule has 0 saturated carbocycles. The van der Waals surface area contributed by atoms with Crippen LogP contribution in [0.4, 0.5) is 4.79 Å². The Labute approximate surface area is 208 Å². The van der Waals surface area contributed by atoms with Gasteiger partial charge in [-0.15, -0.1) is 0 Å². The predicted octanol–water partition coefficient (Wildman–Crippen LogP) is 2.88. The second-order valence-corrected chi connectivity index (χ2v) is 10.5. The Balaban J connectivity index is 0.00000324. The van der Waals surface area contributed by atoms with Crippen LogP contribution >= 0.6 is 13.5 Å². The zero-order valence-corrected chi connectivity index (χ0v) is 21.1. The van der Waals surface area contributed by atoms with Crippen molar-refractivity contribution in [1.82, 2.24) is 14.7 Å². The van der Waals surface area contributed by atoms with Gasteiger partial charge in [0, 0.05) is 39.1 Å². The van der Waals surface area contributed by atoms with Crippen LogP contribution in [0.3, 0.4) is 0 Å². The van der Waals surface area contributed by atoms with Crippen molar-refractivity contribution in [2.45, 2.75) is 58.2 Å². The third-order valence-electron chi connectivity index (χ3n) is 6.59. The molecule has 1 aromatic rings. The first-order valence-electron chi connectivity index (χ1n) is 11.7. The van der Waals surface area contributed by atoms with E-state index in [2.05, 4.69) is 6.07 Å². The average molecular weight is 487 g/mol. The van der Waals surface area contributed by atoms with Gasteiger partial charge < -0.3 is 19.4 Å². The van der Waals surface area contributed by atoms with Gasteiger partial charge in [-0.2, -0.15) is 18.8 Å². The van der Waals surface area contributed by atoms with E-state index in [1.807, 2.05) is 37.8 Å². The molecule has 0 radical (unpaired) electrons. The van der Waals surface area contributed by atoms with Gasteiger partial charge in [-0.25, -0.2) is 4.79 Å². The highest BCUT2D eigenvalue weighted by atomic mass is 32.1. The van der Waals surface area contributed by atoms with Gasteiger partial charge >= 0.3 is 6.09 Å². The largest absolute Gasteiger partial charge is 0.444 e. The molecule has 9 heteroatoms. The molecule has 0 N–H and O–H groups in total. The second-order valence-electron chi connectivity index (χ2n) is 10.5. The fraction of sp³-hybridized carbons (Fsp3) is 0.600. The Bertz CT molecular complexity index is 955. The number of fused-ring (bicyclic) bond motifs is 2. The molecule has 184 valence electrons. The van der Waals surface area contributed by atoms with Gasteiger partial charge in [0.15, 0.2) is 0 Å². The van der Waals surface area contributed by atoms with E-state index in [9.17, 15) is 14.4 Å². The number of piperidine rings is 2. The van der Waals surface area contributed by atoms with Crippen molar-refractivity contribution >= 4 is 31.4 Å². The van der Waals surface area contributed by atoms with Gasteiger partial charge in [0.25, 0.3) is 0 Å². The Morgan fingerprint density at radius 2 is 1.65 bits per heavy atom. The number of carbonyl (C=O) groups is 3. The lowest BCUT2D eigenvalue weighted by molar-refractivity contribution is -0.145. The Morgan fingerprint density at radius 3 is 2.21 bits per heavy atom. The number of amides is 3. The highest BCUT2D eigenvalue weighted by Gasteiger charge is 2.43. The zero-order chi connectivity index (χ0) is 23.8. The number of hydrogen-bond donors (Lipinski definition) is 0. The highest BCUT2D eigenvalue weighted by Crippen LogP contribution is 2.32. The maximum Gasteiger partial charge on any atom is 0.410 e. The molecule has 3 saturated heterocycles. The number of nitriles is 1. The SMILES string of the molecule is CC(C)(C)OC(=O)N1CC2CC(C1)CN(C(=O)[C@@H]1CCC(=O)N1Cc1ccc(C#N)cc1)C2.S. The smallest absolute Gasteiger partial charge is 0.410 e. The van der Waals surface area contributed by atoms with Gasteiger partial charge in [0.05, 0.1) is 11.6 Å². The summed E-state index contributed by atoms with van der Waals surface area (Å²) in [5.41, 5.74) is 0.948. The van der Waals surface area contributed by atoms with E-state index < -0.39 is 11.6 Å². The summed E-state index contributed by atoms with van der Waals surface area (Å²) >= 11 is 0. The van der Waals surface area contributed by atoms with Crippen molar-refractivity contribution in [2.24, 2.45) is 11.8 Å². The summed E-state index contributed by atoms with van der Waals surface area (Å²) in [5.74, 6) is 0.442. The molecule has 3 fully saturated rings. The summed E-state index contributed by atoms with van der Waals surface area (Å²) in [5, 5.41) is 8.98. The molecule has 8 nitrogen and oxygen atoms in total. The van der Waals surface area contributed by atoms with Crippen LogP contribution in [0.2, 0.25) is 0 Å². The maximum absolute atomic E-state index is 13.5. The third-order valence-corrected chi connectivity index (χ3v) is 6.59. The van der Waals surface area contributed by atoms with E-state index in [4.69, 9.17) is 10.00 Å². The van der Waals surface area contributed by atoms with Gasteiger partial charge in [-0.3, -0.25) is 9.59 Å². The minimum atomic E-state index is -0.529. The molecule has 0 aliphatic carbocycles. The number of likely N-dealkylation sites (tertiary alicyclic amines) is 3. The molecule has 3 heterocycles. The van der Waals surface area contributed by atoms with Crippen LogP contribution in [-0.4, -0.2) is 70.4 Å². The van der Waals surface area contributed by atoms with E-state index in [1.54, 1.807) is 21.9 Å². The quantitative estimate of drug-likeness (QED) is 0.655. The molecular weight excluding hydrogens is 452 g/mol. The molecule has 0 aromatic heterocycles. The van der Waals surface area contributed by atoms with Crippen molar-refractivity contribution in [3.8, 4) is 6.07 Å². The Morgan fingerprint density at radius 1 is 1.06 bits per heavy atom. The summed E-state index contributed by atoms with van der Waals surface area (Å²) < 4.78 is 5.54. The number of benzene rings is 1.